The number of nitriles is 1. The van der Waals surface area contributed by atoms with Crippen LogP contribution in [0, 0.1) is 33.3 Å². The van der Waals surface area contributed by atoms with Crippen LogP contribution in [0.5, 0.6) is 34.5 Å². The lowest BCUT2D eigenvalue weighted by molar-refractivity contribution is -0.385. The zero-order chi connectivity index (χ0) is 29.7. The van der Waals surface area contributed by atoms with Gasteiger partial charge in [-0.1, -0.05) is 24.3 Å². The molecule has 0 amide bonds. The molecule has 0 aromatic heterocycles. The Hall–Kier alpha value is -5.11. The first-order chi connectivity index (χ1) is 20.8. The van der Waals surface area contributed by atoms with Crippen LogP contribution in [0.4, 0.5) is 5.69 Å². The summed E-state index contributed by atoms with van der Waals surface area (Å²) in [6, 6.07) is 26.7. The van der Waals surface area contributed by atoms with Crippen LogP contribution in [0.2, 0.25) is 0 Å². The van der Waals surface area contributed by atoms with Crippen molar-refractivity contribution < 1.29 is 24.6 Å². The second-order valence-electron chi connectivity index (χ2n) is 11.4. The zero-order valence-electron chi connectivity index (χ0n) is 23.1. The molecule has 4 aliphatic heterocycles. The van der Waals surface area contributed by atoms with E-state index in [1.807, 2.05) is 30.3 Å². The molecule has 10 heteroatoms. The number of rotatable bonds is 7. The Morgan fingerprint density at radius 1 is 0.744 bits per heavy atom. The lowest BCUT2D eigenvalue weighted by Crippen LogP contribution is -2.71. The fourth-order valence-electron chi connectivity index (χ4n) is 7.30. The summed E-state index contributed by atoms with van der Waals surface area (Å²) in [5, 5.41) is 40.2. The minimum absolute atomic E-state index is 0.119. The first-order valence-electron chi connectivity index (χ1n) is 14.1. The summed E-state index contributed by atoms with van der Waals surface area (Å²) in [5.74, 6) is 2.17. The van der Waals surface area contributed by atoms with Crippen molar-refractivity contribution in [3.63, 3.8) is 0 Å². The lowest BCUT2D eigenvalue weighted by Gasteiger charge is -2.63. The summed E-state index contributed by atoms with van der Waals surface area (Å²) < 4.78 is 11.9. The van der Waals surface area contributed by atoms with Crippen LogP contribution >= 0.6 is 0 Å². The fraction of sp³-hybridized carbons (Fsp3) is 0.242. The predicted molar refractivity (Wildman–Crippen MR) is 156 cm³/mol. The fourth-order valence-corrected chi connectivity index (χ4v) is 7.30. The van der Waals surface area contributed by atoms with Crippen molar-refractivity contribution in [2.24, 2.45) is 11.8 Å². The van der Waals surface area contributed by atoms with Crippen molar-refractivity contribution in [1.82, 2.24) is 9.80 Å². The average molecular weight is 577 g/mol. The summed E-state index contributed by atoms with van der Waals surface area (Å²) in [5.41, 5.74) is 2.02. The summed E-state index contributed by atoms with van der Waals surface area (Å²) >= 11 is 0. The van der Waals surface area contributed by atoms with E-state index < -0.39 is 10.7 Å². The van der Waals surface area contributed by atoms with Gasteiger partial charge < -0.3 is 19.7 Å². The average Bonchev–Trinajstić information content (AvgIpc) is 2.98. The maximum atomic E-state index is 11.0. The van der Waals surface area contributed by atoms with Gasteiger partial charge in [0.05, 0.1) is 17.2 Å². The van der Waals surface area contributed by atoms with Crippen LogP contribution in [0.1, 0.15) is 16.7 Å². The number of phenols is 2. The second-order valence-corrected chi connectivity index (χ2v) is 11.4. The summed E-state index contributed by atoms with van der Waals surface area (Å²) in [4.78, 5) is 15.5. The molecule has 8 rings (SSSR count). The van der Waals surface area contributed by atoms with Crippen molar-refractivity contribution in [3.8, 4) is 40.6 Å². The smallest absolute Gasteiger partial charge is 0.310 e. The Balaban J connectivity index is 1.20. The molecule has 4 aromatic carbocycles. The quantitative estimate of drug-likeness (QED) is 0.214. The molecule has 43 heavy (non-hydrogen) atoms. The minimum atomic E-state index is -0.637. The molecule has 2 N–H and O–H groups in total. The molecule has 0 atom stereocenters. The summed E-state index contributed by atoms with van der Waals surface area (Å²) in [6.07, 6.45) is 0. The topological polar surface area (TPSA) is 132 Å². The van der Waals surface area contributed by atoms with Gasteiger partial charge in [0.2, 0.25) is 0 Å². The van der Waals surface area contributed by atoms with Gasteiger partial charge in [0.25, 0.3) is 0 Å². The van der Waals surface area contributed by atoms with Gasteiger partial charge in [-0.3, -0.25) is 19.9 Å². The van der Waals surface area contributed by atoms with Crippen molar-refractivity contribution in [2.45, 2.75) is 5.41 Å². The van der Waals surface area contributed by atoms with E-state index in [0.29, 0.717) is 34.8 Å². The first kappa shape index (κ1) is 26.8. The molecule has 0 spiro atoms. The molecule has 0 saturated carbocycles. The highest BCUT2D eigenvalue weighted by atomic mass is 16.6. The lowest BCUT2D eigenvalue weighted by atomic mass is 9.54. The van der Waals surface area contributed by atoms with Crippen molar-refractivity contribution in [3.05, 3.63) is 112 Å². The first-order valence-corrected chi connectivity index (χ1v) is 14.1. The summed E-state index contributed by atoms with van der Waals surface area (Å²) in [7, 11) is 0. The van der Waals surface area contributed by atoms with Gasteiger partial charge in [0.15, 0.2) is 5.75 Å². The highest BCUT2D eigenvalue weighted by Gasteiger charge is 2.57. The minimum Gasteiger partial charge on any atom is -0.506 e. The van der Waals surface area contributed by atoms with Gasteiger partial charge in [-0.25, -0.2) is 0 Å². The number of aromatic hydroxyl groups is 2. The Kier molecular flexibility index (Phi) is 6.42. The zero-order valence-corrected chi connectivity index (χ0v) is 23.1. The van der Waals surface area contributed by atoms with Crippen molar-refractivity contribution >= 4 is 5.69 Å². The van der Waals surface area contributed by atoms with Crippen LogP contribution < -0.4 is 9.47 Å². The molecule has 10 nitrogen and oxygen atoms in total. The largest absolute Gasteiger partial charge is 0.506 e. The molecule has 0 radical (unpaired) electrons. The number of nitro groups is 1. The van der Waals surface area contributed by atoms with Crippen molar-refractivity contribution in [2.75, 3.05) is 32.8 Å². The van der Waals surface area contributed by atoms with E-state index >= 15 is 0 Å². The van der Waals surface area contributed by atoms with Crippen LogP contribution in [0.25, 0.3) is 0 Å². The normalized spacial score (nSPS) is 25.2. The Labute approximate surface area is 247 Å². The number of piperidine rings is 2. The molecule has 4 aromatic rings. The number of hydrogen-bond acceptors (Lipinski definition) is 9. The predicted octanol–water partition coefficient (Wildman–Crippen LogP) is 5.58. The van der Waals surface area contributed by atoms with Gasteiger partial charge in [0, 0.05) is 49.8 Å². The SMILES string of the molecule is N#Cc1ccc(Oc2ccc([C@]3(c4ccc(Oc5ccc([N+](=O)[O-])c(O)c5)cc4)[C@H]4C[N@@]5C[C@H]3C[N@@](C4)C5)cc2)cc1O. The van der Waals surface area contributed by atoms with E-state index in [0.717, 1.165) is 32.8 Å². The van der Waals surface area contributed by atoms with E-state index in [1.54, 1.807) is 6.07 Å². The molecule has 4 heterocycles. The Morgan fingerprint density at radius 3 is 1.65 bits per heavy atom. The third kappa shape index (κ3) is 4.59. The molecule has 4 bridgehead atoms. The van der Waals surface area contributed by atoms with E-state index in [9.17, 15) is 20.3 Å². The monoisotopic (exact) mass is 576 g/mol. The van der Waals surface area contributed by atoms with Crippen molar-refractivity contribution in [1.29, 1.82) is 5.26 Å². The maximum absolute atomic E-state index is 11.0. The van der Waals surface area contributed by atoms with E-state index in [4.69, 9.17) is 14.7 Å². The van der Waals surface area contributed by atoms with Crippen LogP contribution in [-0.4, -0.2) is 57.8 Å². The van der Waals surface area contributed by atoms with Crippen LogP contribution in [-0.2, 0) is 5.41 Å². The molecule has 216 valence electrons. The standard InChI is InChI=1S/C33H28N4O6/c34-15-21-1-6-28(13-31(21)38)42-26-7-2-22(3-8-26)33(24-16-35-18-25(33)19-36(17-24)20-35)23-4-9-27(10-5-23)43-29-11-12-30(37(40)41)32(39)14-29/h1-14,24-25,38-39H,16-20H2/t24-,25-. The third-order valence-electron chi connectivity index (χ3n) is 8.97. The number of hydrogen-bond donors (Lipinski definition) is 2. The maximum Gasteiger partial charge on any atom is 0.310 e. The molecule has 4 aliphatic rings. The Bertz CT molecular complexity index is 1720. The molecular formula is C33H28N4O6. The Morgan fingerprint density at radius 2 is 1.21 bits per heavy atom. The molecule has 4 fully saturated rings. The van der Waals surface area contributed by atoms with Gasteiger partial charge >= 0.3 is 5.69 Å². The van der Waals surface area contributed by atoms with E-state index in [1.165, 1.54) is 41.5 Å². The highest BCUT2D eigenvalue weighted by molar-refractivity contribution is 5.52. The van der Waals surface area contributed by atoms with Gasteiger partial charge in [-0.15, -0.1) is 0 Å². The van der Waals surface area contributed by atoms with Gasteiger partial charge in [-0.2, -0.15) is 5.26 Å². The van der Waals surface area contributed by atoms with Gasteiger partial charge in [0.1, 0.15) is 34.8 Å². The second kappa shape index (κ2) is 10.3. The number of nitrogens with zero attached hydrogens (tertiary/aromatic N) is 4. The third-order valence-corrected chi connectivity index (χ3v) is 8.97. The molecule has 0 unspecified atom stereocenters. The molecule has 0 aliphatic carbocycles. The van der Waals surface area contributed by atoms with Gasteiger partial charge in [-0.05, 0) is 65.4 Å². The molecular weight excluding hydrogens is 548 g/mol. The number of ether oxygens (including phenoxy) is 2. The highest BCUT2D eigenvalue weighted by Crippen LogP contribution is 2.54. The van der Waals surface area contributed by atoms with E-state index in [-0.39, 0.29) is 22.4 Å². The summed E-state index contributed by atoms with van der Waals surface area (Å²) in [6.45, 7) is 5.06. The van der Waals surface area contributed by atoms with E-state index in [2.05, 4.69) is 34.1 Å². The van der Waals surface area contributed by atoms with Crippen LogP contribution in [0.15, 0.2) is 84.9 Å². The molecule has 4 saturated heterocycles. The number of benzene rings is 4. The number of nitro benzene ring substituents is 1. The number of phenolic OH excluding ortho intramolecular Hbond substituents is 2. The van der Waals surface area contributed by atoms with Crippen LogP contribution in [0.3, 0.4) is 0 Å².